The molecule has 14 rings (SSSR count). The molecule has 0 saturated carbocycles. The molecule has 292 valence electrons. The van der Waals surface area contributed by atoms with Gasteiger partial charge in [-0.2, -0.15) is 0 Å². The van der Waals surface area contributed by atoms with Crippen molar-refractivity contribution < 1.29 is 0 Å². The van der Waals surface area contributed by atoms with Crippen molar-refractivity contribution in [3.8, 4) is 33.6 Å². The van der Waals surface area contributed by atoms with Crippen LogP contribution in [0.5, 0.6) is 0 Å². The standard InChI is InChI=1S/C58H40N4/c1-57(2)45-19-11-9-13-35(45)37-23-21-33(29-47(37)57)61-49-26-28-59-31-44(49)52-40-16-6-8-18-42(40)53-54(56(52)61)41-17-7-5-15-39(41)51-43-25-27-60-32-50(43)62(55(51)53)34-22-24-38-36-14-10-12-20-46(36)58(3,4)48(38)30-34/h5-32H,1-4H3. The molecule has 0 N–H and O–H groups in total. The fourth-order valence-corrected chi connectivity index (χ4v) is 12.1. The monoisotopic (exact) mass is 792 g/mol. The summed E-state index contributed by atoms with van der Waals surface area (Å²) >= 11 is 0. The van der Waals surface area contributed by atoms with Gasteiger partial charge in [-0.25, -0.2) is 0 Å². The lowest BCUT2D eigenvalue weighted by molar-refractivity contribution is 0.660. The van der Waals surface area contributed by atoms with Gasteiger partial charge in [-0.05, 0) is 102 Å². The molecule has 0 fully saturated rings. The van der Waals surface area contributed by atoms with Crippen molar-refractivity contribution in [2.24, 2.45) is 0 Å². The smallest absolute Gasteiger partial charge is 0.0724 e. The molecule has 0 amide bonds. The van der Waals surface area contributed by atoms with Gasteiger partial charge in [0.1, 0.15) is 0 Å². The highest BCUT2D eigenvalue weighted by molar-refractivity contribution is 6.44. The molecule has 0 unspecified atom stereocenters. The van der Waals surface area contributed by atoms with E-state index in [1.807, 2.05) is 12.4 Å². The van der Waals surface area contributed by atoms with Gasteiger partial charge in [-0.15, -0.1) is 0 Å². The summed E-state index contributed by atoms with van der Waals surface area (Å²) in [6.45, 7) is 9.48. The topological polar surface area (TPSA) is 35.6 Å². The van der Waals surface area contributed by atoms with Crippen molar-refractivity contribution in [3.63, 3.8) is 0 Å². The zero-order valence-electron chi connectivity index (χ0n) is 35.0. The number of aromatic nitrogens is 4. The quantitative estimate of drug-likeness (QED) is 0.163. The summed E-state index contributed by atoms with van der Waals surface area (Å²) in [5, 5.41) is 12.2. The van der Waals surface area contributed by atoms with Gasteiger partial charge in [0.15, 0.2) is 0 Å². The Morgan fingerprint density at radius 3 is 1.35 bits per heavy atom. The van der Waals surface area contributed by atoms with Crippen LogP contribution < -0.4 is 0 Å². The van der Waals surface area contributed by atoms with Crippen LogP contribution in [-0.4, -0.2) is 19.1 Å². The summed E-state index contributed by atoms with van der Waals surface area (Å²) in [6, 6.07) is 54.7. The van der Waals surface area contributed by atoms with Crippen LogP contribution in [0.1, 0.15) is 49.9 Å². The zero-order chi connectivity index (χ0) is 41.2. The van der Waals surface area contributed by atoms with E-state index >= 15 is 0 Å². The Hall–Kier alpha value is -7.56. The van der Waals surface area contributed by atoms with Crippen LogP contribution >= 0.6 is 0 Å². The molecule has 0 radical (unpaired) electrons. The van der Waals surface area contributed by atoms with Gasteiger partial charge in [0.2, 0.25) is 0 Å². The van der Waals surface area contributed by atoms with E-state index in [-0.39, 0.29) is 10.8 Å². The van der Waals surface area contributed by atoms with E-state index in [0.717, 1.165) is 27.8 Å². The Labute approximate surface area is 358 Å². The van der Waals surface area contributed by atoms with Crippen molar-refractivity contribution in [3.05, 3.63) is 193 Å². The van der Waals surface area contributed by atoms with E-state index in [0.29, 0.717) is 0 Å². The van der Waals surface area contributed by atoms with Crippen LogP contribution in [0.2, 0.25) is 0 Å². The zero-order valence-corrected chi connectivity index (χ0v) is 35.0. The van der Waals surface area contributed by atoms with Crippen LogP contribution in [0.15, 0.2) is 170 Å². The molecule has 4 heterocycles. The lowest BCUT2D eigenvalue weighted by Crippen LogP contribution is -2.15. The maximum Gasteiger partial charge on any atom is 0.0724 e. The summed E-state index contributed by atoms with van der Waals surface area (Å²) in [5.41, 5.74) is 17.4. The highest BCUT2D eigenvalue weighted by Crippen LogP contribution is 2.54. The van der Waals surface area contributed by atoms with Gasteiger partial charge in [0, 0.05) is 73.1 Å². The average molecular weight is 793 g/mol. The van der Waals surface area contributed by atoms with Crippen molar-refractivity contribution in [2.45, 2.75) is 38.5 Å². The maximum absolute atomic E-state index is 4.81. The highest BCUT2D eigenvalue weighted by atomic mass is 15.0. The summed E-state index contributed by atoms with van der Waals surface area (Å²) < 4.78 is 5.07. The molecule has 4 heteroatoms. The predicted octanol–water partition coefficient (Wildman–Crippen LogP) is 14.7. The highest BCUT2D eigenvalue weighted by Gasteiger charge is 2.37. The third kappa shape index (κ3) is 4.08. The Bertz CT molecular complexity index is 3730. The number of nitrogens with zero attached hydrogens (tertiary/aromatic N) is 4. The van der Waals surface area contributed by atoms with Gasteiger partial charge in [0.05, 0.1) is 28.3 Å². The fraction of sp³-hybridized carbons (Fsp3) is 0.103. The third-order valence-electron chi connectivity index (χ3n) is 14.8. The minimum absolute atomic E-state index is 0.142. The molecule has 0 atom stereocenters. The summed E-state index contributed by atoms with van der Waals surface area (Å²) in [4.78, 5) is 9.60. The first-order valence-corrected chi connectivity index (χ1v) is 21.7. The van der Waals surface area contributed by atoms with Gasteiger partial charge in [0.25, 0.3) is 0 Å². The van der Waals surface area contributed by atoms with E-state index in [2.05, 4.69) is 195 Å². The molecular weight excluding hydrogens is 753 g/mol. The van der Waals surface area contributed by atoms with E-state index in [9.17, 15) is 0 Å². The minimum atomic E-state index is -0.145. The Kier molecular flexibility index (Phi) is 6.41. The lowest BCUT2D eigenvalue weighted by Gasteiger charge is -2.23. The average Bonchev–Trinajstić information content (AvgIpc) is 3.98. The van der Waals surface area contributed by atoms with Crippen molar-refractivity contribution in [1.29, 1.82) is 0 Å². The molecule has 0 bridgehead atoms. The van der Waals surface area contributed by atoms with Gasteiger partial charge in [-0.3, -0.25) is 9.97 Å². The molecule has 0 spiro atoms. The first kappa shape index (κ1) is 34.2. The second-order valence-electron chi connectivity index (χ2n) is 18.5. The Balaban J connectivity index is 1.20. The van der Waals surface area contributed by atoms with Crippen LogP contribution in [0, 0.1) is 0 Å². The van der Waals surface area contributed by atoms with Crippen LogP contribution in [-0.2, 0) is 10.8 Å². The minimum Gasteiger partial charge on any atom is -0.308 e. The molecule has 0 saturated heterocycles. The van der Waals surface area contributed by atoms with Crippen LogP contribution in [0.3, 0.4) is 0 Å². The number of pyridine rings is 2. The molecule has 62 heavy (non-hydrogen) atoms. The van der Waals surface area contributed by atoms with Gasteiger partial charge < -0.3 is 9.13 Å². The van der Waals surface area contributed by atoms with Gasteiger partial charge in [-0.1, -0.05) is 137 Å². The number of benzene rings is 8. The second kappa shape index (κ2) is 11.6. The number of hydrogen-bond donors (Lipinski definition) is 0. The van der Waals surface area contributed by atoms with E-state index in [4.69, 9.17) is 9.97 Å². The van der Waals surface area contributed by atoms with Crippen LogP contribution in [0.4, 0.5) is 0 Å². The molecule has 0 aliphatic heterocycles. The Morgan fingerprint density at radius 2 is 0.790 bits per heavy atom. The number of fused-ring (bicyclic) bond motifs is 21. The first-order valence-electron chi connectivity index (χ1n) is 21.7. The number of hydrogen-bond acceptors (Lipinski definition) is 2. The second-order valence-corrected chi connectivity index (χ2v) is 18.5. The maximum atomic E-state index is 4.81. The van der Waals surface area contributed by atoms with Crippen molar-refractivity contribution in [2.75, 3.05) is 0 Å². The summed E-state index contributed by atoms with van der Waals surface area (Å²) in [5.74, 6) is 0. The molecule has 2 aliphatic carbocycles. The lowest BCUT2D eigenvalue weighted by atomic mass is 9.82. The summed E-state index contributed by atoms with van der Waals surface area (Å²) in [7, 11) is 0. The molecular formula is C58H40N4. The SMILES string of the molecule is CC1(C)c2ccccc2-c2ccc(-n3c4ccncc4c4c5ccccc5c5c(c6ccccc6c6c7ccncc7n(-c7ccc8c(c7)C(C)(C)c7ccccc7-8)c65)c43)cc21. The van der Waals surface area contributed by atoms with E-state index < -0.39 is 0 Å². The van der Waals surface area contributed by atoms with Crippen LogP contribution in [0.25, 0.3) is 110 Å². The first-order chi connectivity index (χ1) is 30.3. The molecule has 12 aromatic rings. The normalized spacial score (nSPS) is 14.7. The Morgan fingerprint density at radius 1 is 0.355 bits per heavy atom. The largest absolute Gasteiger partial charge is 0.308 e. The molecule has 4 aromatic heterocycles. The molecule has 4 nitrogen and oxygen atoms in total. The molecule has 2 aliphatic rings. The third-order valence-corrected chi connectivity index (χ3v) is 14.8. The van der Waals surface area contributed by atoms with Gasteiger partial charge >= 0.3 is 0 Å². The van der Waals surface area contributed by atoms with E-state index in [1.54, 1.807) is 0 Å². The predicted molar refractivity (Wildman–Crippen MR) is 258 cm³/mol. The van der Waals surface area contributed by atoms with E-state index in [1.165, 1.54) is 104 Å². The molecule has 8 aromatic carbocycles. The van der Waals surface area contributed by atoms with Crippen molar-refractivity contribution in [1.82, 2.24) is 19.1 Å². The fourth-order valence-electron chi connectivity index (χ4n) is 12.1. The number of rotatable bonds is 2. The summed E-state index contributed by atoms with van der Waals surface area (Å²) in [6.07, 6.45) is 8.04. The van der Waals surface area contributed by atoms with Crippen molar-refractivity contribution >= 4 is 75.9 Å².